The Balaban J connectivity index is 1.42. The van der Waals surface area contributed by atoms with Crippen LogP contribution < -0.4 is 11.1 Å². The Kier molecular flexibility index (Phi) is 7.04. The van der Waals surface area contributed by atoms with Crippen LogP contribution in [0.3, 0.4) is 0 Å². The number of carbonyl (C=O) groups excluding carboxylic acids is 2. The number of nitrogens with one attached hydrogen (secondary N) is 1. The van der Waals surface area contributed by atoms with Gasteiger partial charge >= 0.3 is 12.2 Å². The summed E-state index contributed by atoms with van der Waals surface area (Å²) in [4.78, 5) is 41.6. The molecule has 3 N–H and O–H groups in total. The largest absolute Gasteiger partial charge is 0.416 e. The minimum atomic E-state index is -4.55. The van der Waals surface area contributed by atoms with Crippen molar-refractivity contribution in [2.45, 2.75) is 24.9 Å². The number of imidazole rings is 1. The summed E-state index contributed by atoms with van der Waals surface area (Å²) in [7, 11) is 3.45. The van der Waals surface area contributed by atoms with Crippen molar-refractivity contribution in [2.24, 2.45) is 0 Å². The van der Waals surface area contributed by atoms with Crippen LogP contribution in [0.25, 0.3) is 16.8 Å². The molecule has 1 unspecified atom stereocenters. The molecular formula is C27H27F3N8O2. The number of halogens is 3. The predicted molar refractivity (Wildman–Crippen MR) is 143 cm³/mol. The Morgan fingerprint density at radius 1 is 1.10 bits per heavy atom. The molecule has 13 heteroatoms. The van der Waals surface area contributed by atoms with Crippen molar-refractivity contribution < 1.29 is 22.8 Å². The maximum absolute atomic E-state index is 13.0. The fourth-order valence-electron chi connectivity index (χ4n) is 4.86. The number of nitrogens with zero attached hydrogens (tertiary/aromatic N) is 6. The Hall–Kier alpha value is -4.68. The third-order valence-corrected chi connectivity index (χ3v) is 6.80. The molecule has 1 saturated heterocycles. The zero-order chi connectivity index (χ0) is 28.6. The average Bonchev–Trinajstić information content (AvgIpc) is 3.33. The molecule has 1 aliphatic rings. The third kappa shape index (κ3) is 5.26. The number of likely N-dealkylation sites (tertiary alicyclic amines) is 1. The molecule has 1 fully saturated rings. The number of pyridine rings is 1. The van der Waals surface area contributed by atoms with Crippen LogP contribution in [0.4, 0.5) is 29.6 Å². The van der Waals surface area contributed by atoms with Crippen molar-refractivity contribution in [3.63, 3.8) is 0 Å². The van der Waals surface area contributed by atoms with Gasteiger partial charge in [0, 0.05) is 62.8 Å². The molecule has 208 valence electrons. The highest BCUT2D eigenvalue weighted by molar-refractivity contribution is 6.04. The van der Waals surface area contributed by atoms with Gasteiger partial charge in [-0.1, -0.05) is 12.1 Å². The number of fused-ring (bicyclic) bond motifs is 1. The van der Waals surface area contributed by atoms with E-state index in [1.807, 2.05) is 9.30 Å². The lowest BCUT2D eigenvalue weighted by atomic mass is 9.97. The monoisotopic (exact) mass is 552 g/mol. The number of nitrogens with two attached hydrogens (primary N) is 1. The van der Waals surface area contributed by atoms with Gasteiger partial charge in [-0.05, 0) is 37.1 Å². The number of carbonyl (C=O) groups is 2. The zero-order valence-electron chi connectivity index (χ0n) is 21.8. The fraction of sp³-hybridized carbons (Fsp3) is 0.296. The van der Waals surface area contributed by atoms with Gasteiger partial charge in [0.05, 0.1) is 5.56 Å². The van der Waals surface area contributed by atoms with E-state index >= 15 is 0 Å². The summed E-state index contributed by atoms with van der Waals surface area (Å²) in [5.41, 5.74) is 7.44. The second-order valence-corrected chi connectivity index (χ2v) is 9.77. The molecule has 1 aliphatic heterocycles. The van der Waals surface area contributed by atoms with E-state index in [1.165, 1.54) is 0 Å². The van der Waals surface area contributed by atoms with E-state index in [-0.39, 0.29) is 29.1 Å². The summed E-state index contributed by atoms with van der Waals surface area (Å²) >= 11 is 0. The first-order valence-electron chi connectivity index (χ1n) is 12.6. The quantitative estimate of drug-likeness (QED) is 0.384. The standard InChI is InChI=1S/C27H27F3N8O2/c1-36(2)26(40)37-12-3-4-18(15-37)24-35-21(22-23(31)33-11-13-38(22)24)16-5-7-17(8-6-16)25(39)34-20-14-19(9-10-32-20)27(28,29)30/h5-11,13-14,18H,3-4,12,15H2,1-2H3,(H2,31,33)(H,32,34,39). The van der Waals surface area contributed by atoms with Gasteiger partial charge in [0.1, 0.15) is 28.7 Å². The first-order valence-corrected chi connectivity index (χ1v) is 12.6. The molecule has 4 aromatic rings. The van der Waals surface area contributed by atoms with Crippen LogP contribution in [0.1, 0.15) is 40.5 Å². The van der Waals surface area contributed by atoms with E-state index in [2.05, 4.69) is 15.3 Å². The molecule has 1 aromatic carbocycles. The number of anilines is 2. The Morgan fingerprint density at radius 2 is 1.85 bits per heavy atom. The van der Waals surface area contributed by atoms with Gasteiger partial charge in [-0.2, -0.15) is 13.2 Å². The van der Waals surface area contributed by atoms with Crippen molar-refractivity contribution >= 4 is 29.1 Å². The molecule has 1 atom stereocenters. The van der Waals surface area contributed by atoms with Crippen molar-refractivity contribution in [3.8, 4) is 11.3 Å². The molecule has 0 spiro atoms. The normalized spacial score (nSPS) is 15.7. The number of piperidine rings is 1. The fourth-order valence-corrected chi connectivity index (χ4v) is 4.86. The number of alkyl halides is 3. The predicted octanol–water partition coefficient (Wildman–Crippen LogP) is 4.51. The van der Waals surface area contributed by atoms with E-state index in [9.17, 15) is 22.8 Å². The molecule has 0 saturated carbocycles. The lowest BCUT2D eigenvalue weighted by Crippen LogP contribution is -2.44. The van der Waals surface area contributed by atoms with Gasteiger partial charge in [0.15, 0.2) is 0 Å². The molecule has 0 radical (unpaired) electrons. The maximum atomic E-state index is 13.0. The van der Waals surface area contributed by atoms with E-state index in [4.69, 9.17) is 10.7 Å². The summed E-state index contributed by atoms with van der Waals surface area (Å²) in [6, 6.07) is 8.03. The Morgan fingerprint density at radius 3 is 2.55 bits per heavy atom. The first kappa shape index (κ1) is 26.9. The topological polar surface area (TPSA) is 122 Å². The van der Waals surface area contributed by atoms with Gasteiger partial charge in [-0.15, -0.1) is 0 Å². The van der Waals surface area contributed by atoms with Crippen LogP contribution in [0.2, 0.25) is 0 Å². The number of nitrogen functional groups attached to an aromatic ring is 1. The van der Waals surface area contributed by atoms with E-state index in [1.54, 1.807) is 55.7 Å². The van der Waals surface area contributed by atoms with Crippen LogP contribution in [0.5, 0.6) is 0 Å². The highest BCUT2D eigenvalue weighted by Gasteiger charge is 2.31. The van der Waals surface area contributed by atoms with Crippen molar-refractivity contribution in [1.29, 1.82) is 0 Å². The zero-order valence-corrected chi connectivity index (χ0v) is 21.8. The highest BCUT2D eigenvalue weighted by Crippen LogP contribution is 2.34. The van der Waals surface area contributed by atoms with Gasteiger partial charge in [-0.3, -0.25) is 9.20 Å². The summed E-state index contributed by atoms with van der Waals surface area (Å²) < 4.78 is 40.9. The number of amides is 3. The van der Waals surface area contributed by atoms with E-state index < -0.39 is 17.6 Å². The molecule has 4 heterocycles. The second kappa shape index (κ2) is 10.5. The minimum absolute atomic E-state index is 0.0225. The van der Waals surface area contributed by atoms with Crippen LogP contribution in [-0.2, 0) is 6.18 Å². The molecule has 3 amide bonds. The average molecular weight is 553 g/mol. The summed E-state index contributed by atoms with van der Waals surface area (Å²) in [6.45, 7) is 1.19. The van der Waals surface area contributed by atoms with Gasteiger partial charge in [-0.25, -0.2) is 19.7 Å². The maximum Gasteiger partial charge on any atom is 0.416 e. The van der Waals surface area contributed by atoms with E-state index in [0.29, 0.717) is 29.9 Å². The van der Waals surface area contributed by atoms with Crippen LogP contribution in [0, 0.1) is 0 Å². The lowest BCUT2D eigenvalue weighted by molar-refractivity contribution is -0.137. The molecule has 10 nitrogen and oxygen atoms in total. The molecule has 40 heavy (non-hydrogen) atoms. The highest BCUT2D eigenvalue weighted by atomic mass is 19.4. The van der Waals surface area contributed by atoms with Crippen LogP contribution >= 0.6 is 0 Å². The van der Waals surface area contributed by atoms with Crippen molar-refractivity contribution in [2.75, 3.05) is 38.2 Å². The van der Waals surface area contributed by atoms with Crippen molar-refractivity contribution in [3.05, 3.63) is 71.9 Å². The number of hydrogen-bond acceptors (Lipinski definition) is 6. The van der Waals surface area contributed by atoms with Gasteiger partial charge in [0.2, 0.25) is 0 Å². The van der Waals surface area contributed by atoms with Gasteiger partial charge < -0.3 is 20.9 Å². The molecule has 3 aromatic heterocycles. The number of benzene rings is 1. The first-order chi connectivity index (χ1) is 19.0. The number of aromatic nitrogens is 4. The third-order valence-electron chi connectivity index (χ3n) is 6.80. The van der Waals surface area contributed by atoms with Crippen LogP contribution in [0.15, 0.2) is 55.0 Å². The minimum Gasteiger partial charge on any atom is -0.382 e. The molecule has 0 aliphatic carbocycles. The number of urea groups is 1. The van der Waals surface area contributed by atoms with Crippen LogP contribution in [-0.4, -0.2) is 68.3 Å². The Labute approximate surface area is 227 Å². The summed E-state index contributed by atoms with van der Waals surface area (Å²) in [5, 5.41) is 2.40. The van der Waals surface area contributed by atoms with Crippen molar-refractivity contribution in [1.82, 2.24) is 29.2 Å². The second-order valence-electron chi connectivity index (χ2n) is 9.77. The lowest BCUT2D eigenvalue weighted by Gasteiger charge is -2.33. The SMILES string of the molecule is CN(C)C(=O)N1CCCC(c2nc(-c3ccc(C(=O)Nc4cc(C(F)(F)F)ccn4)cc3)c3c(N)nccn23)C1. The molecular weight excluding hydrogens is 525 g/mol. The molecule has 5 rings (SSSR count). The molecule has 0 bridgehead atoms. The summed E-state index contributed by atoms with van der Waals surface area (Å²) in [6.07, 6.45) is 1.50. The smallest absolute Gasteiger partial charge is 0.382 e. The summed E-state index contributed by atoms with van der Waals surface area (Å²) in [5.74, 6) is 0.203. The van der Waals surface area contributed by atoms with Gasteiger partial charge in [0.25, 0.3) is 5.91 Å². The van der Waals surface area contributed by atoms with E-state index in [0.717, 1.165) is 37.0 Å². The number of rotatable bonds is 4. The Bertz CT molecular complexity index is 1570. The number of hydrogen-bond donors (Lipinski definition) is 2.